The monoisotopic (exact) mass is 1310 g/mol. The van der Waals surface area contributed by atoms with E-state index in [1.807, 2.05) is 0 Å². The van der Waals surface area contributed by atoms with Crippen LogP contribution in [0.3, 0.4) is 0 Å². The number of aliphatic imine (C=N–C) groups is 2. The molecule has 0 spiro atoms. The molecule has 0 radical (unpaired) electrons. The first-order valence-electron chi connectivity index (χ1n) is 31.2. The van der Waals surface area contributed by atoms with E-state index in [0.717, 1.165) is 0 Å². The highest BCUT2D eigenvalue weighted by Crippen LogP contribution is 2.16. The minimum atomic E-state index is -1.62. The minimum Gasteiger partial charge on any atom is -0.481 e. The number of carboxylic acids is 2. The zero-order valence-electron chi connectivity index (χ0n) is 53.9. The average molecular weight is 1310 g/mol. The van der Waals surface area contributed by atoms with Crippen molar-refractivity contribution in [3.05, 3.63) is 0 Å². The number of nitrogens with two attached hydrogens (primary N) is 7. The van der Waals surface area contributed by atoms with Crippen molar-refractivity contribution in [1.82, 2.24) is 53.2 Å². The SMILES string of the molecule is CC[C@H](C)[C@H](NC(=O)[C@H](CCCCN)NC(=O)[C@H](CCCN=C(N)N)NC(C)=O)C(=O)N[C@@H](CCC(=O)O)C(=O)N[C@H](C(=O)N[C@H](C(=O)N[C@@H](CCCN=C(N)N)C(=O)N[C@@H](CCCCN)C(=O)N[C@@H](CCCCN)C(=O)N[C@@H](CS)C(=O)O)C(C)C)[C@@H](C)CC. The van der Waals surface area contributed by atoms with Crippen LogP contribution in [0.15, 0.2) is 9.98 Å². The summed E-state index contributed by atoms with van der Waals surface area (Å²) in [6.07, 6.45) is 2.43. The molecule has 0 aliphatic heterocycles. The van der Waals surface area contributed by atoms with E-state index in [9.17, 15) is 67.7 Å². The lowest BCUT2D eigenvalue weighted by atomic mass is 9.95. The third-order valence-corrected chi connectivity index (χ3v) is 15.2. The molecule has 0 aromatic heterocycles. The van der Waals surface area contributed by atoms with Crippen LogP contribution >= 0.6 is 12.6 Å². The minimum absolute atomic E-state index is 0.0103. The number of carboxylic acid groups (broad SMARTS) is 2. The van der Waals surface area contributed by atoms with Gasteiger partial charge in [-0.2, -0.15) is 12.6 Å². The Morgan fingerprint density at radius 2 is 0.681 bits per heavy atom. The zero-order valence-corrected chi connectivity index (χ0v) is 54.8. The molecular weight excluding hydrogens is 1210 g/mol. The summed E-state index contributed by atoms with van der Waals surface area (Å²) in [5, 5.41) is 45.5. The molecule has 0 aliphatic carbocycles. The highest BCUT2D eigenvalue weighted by Gasteiger charge is 2.38. The fraction of sp³-hybridized carbons (Fsp3) is 0.754. The van der Waals surface area contributed by atoms with Crippen LogP contribution in [0, 0.1) is 17.8 Å². The Bertz CT molecular complexity index is 2400. The highest BCUT2D eigenvalue weighted by atomic mass is 32.1. The van der Waals surface area contributed by atoms with Gasteiger partial charge in [0, 0.05) is 32.2 Å². The van der Waals surface area contributed by atoms with Crippen molar-refractivity contribution in [2.24, 2.45) is 67.9 Å². The molecule has 12 atom stereocenters. The first-order chi connectivity index (χ1) is 42.9. The molecule has 10 amide bonds. The third kappa shape index (κ3) is 34.4. The van der Waals surface area contributed by atoms with Gasteiger partial charge in [0.15, 0.2) is 11.9 Å². The van der Waals surface area contributed by atoms with Gasteiger partial charge in [-0.1, -0.05) is 54.4 Å². The van der Waals surface area contributed by atoms with Gasteiger partial charge in [0.1, 0.15) is 60.4 Å². The van der Waals surface area contributed by atoms with Gasteiger partial charge in [-0.25, -0.2) is 4.79 Å². The molecule has 0 saturated heterocycles. The summed E-state index contributed by atoms with van der Waals surface area (Å²) in [7, 11) is 0. The number of nitrogens with one attached hydrogen (secondary N) is 10. The molecule has 0 unspecified atom stereocenters. The summed E-state index contributed by atoms with van der Waals surface area (Å²) >= 11 is 4.01. The van der Waals surface area contributed by atoms with Crippen LogP contribution in [0.25, 0.3) is 0 Å². The molecule has 91 heavy (non-hydrogen) atoms. The maximum Gasteiger partial charge on any atom is 0.327 e. The number of aliphatic carboxylic acids is 2. The Labute approximate surface area is 539 Å². The lowest BCUT2D eigenvalue weighted by Gasteiger charge is -2.31. The number of unbranched alkanes of at least 4 members (excludes halogenated alkanes) is 3. The second-order valence-corrected chi connectivity index (χ2v) is 23.2. The smallest absolute Gasteiger partial charge is 0.327 e. The quantitative estimate of drug-likeness (QED) is 0.0119. The topological polar surface area (TPSA) is 572 Å². The maximum atomic E-state index is 14.5. The van der Waals surface area contributed by atoms with E-state index < -0.39 is 162 Å². The Morgan fingerprint density at radius 1 is 0.396 bits per heavy atom. The molecule has 0 bridgehead atoms. The normalized spacial score (nSPS) is 15.0. The first kappa shape index (κ1) is 83.4. The summed E-state index contributed by atoms with van der Waals surface area (Å²) in [4.78, 5) is 171. The summed E-state index contributed by atoms with van der Waals surface area (Å²) in [5.74, 6) is -13.4. The predicted octanol–water partition coefficient (Wildman–Crippen LogP) is -4.02. The molecule has 0 aromatic carbocycles. The van der Waals surface area contributed by atoms with Crippen LogP contribution in [-0.4, -0.2) is 192 Å². The number of hydrogen-bond acceptors (Lipinski definition) is 18. The Kier molecular flexibility index (Phi) is 42.6. The number of amides is 10. The van der Waals surface area contributed by atoms with Crippen LogP contribution in [0.2, 0.25) is 0 Å². The fourth-order valence-corrected chi connectivity index (χ4v) is 9.35. The second-order valence-electron chi connectivity index (χ2n) is 22.8. The number of carbonyl (C=O) groups is 12. The molecule has 0 rings (SSSR count). The number of rotatable bonds is 49. The first-order valence-corrected chi connectivity index (χ1v) is 31.8. The standard InChI is InChI=1S/C57H107N19O14S/c1-8-32(5)44(75-50(84)38(20-12-15-27-60)70-46(80)35(67-34(7)77)21-16-28-65-56(61)62)53(87)72-40(23-24-42(78)79)51(85)76-45(33(6)9-2)54(88)74-43(31(3)4)52(86)71-39(22-17-29-66-57(63)64)48(82)68-36(18-10-13-25-58)47(81)69-37(19-11-14-26-59)49(83)73-41(30-91)55(89)90/h31-33,35-41,43-45,91H,8-30,58-60H2,1-7H3,(H,67,77)(H,68,82)(H,69,81)(H,70,80)(H,71,86)(H,72,87)(H,73,83)(H,74,88)(H,75,84)(H,76,85)(H,78,79)(H,89,90)(H4,61,62,65)(H4,63,64,66)/t32-,33-,35-,36-,37-,38-,39-,40-,41-,43-,44-,45-/m0/s1. The van der Waals surface area contributed by atoms with Crippen molar-refractivity contribution in [1.29, 1.82) is 0 Å². The van der Waals surface area contributed by atoms with Crippen LogP contribution in [-0.2, 0) is 57.5 Å². The van der Waals surface area contributed by atoms with Gasteiger partial charge in [-0.05, 0) is 127 Å². The van der Waals surface area contributed by atoms with Crippen molar-refractivity contribution in [2.45, 2.75) is 218 Å². The van der Waals surface area contributed by atoms with Crippen LogP contribution < -0.4 is 93.3 Å². The van der Waals surface area contributed by atoms with E-state index in [0.29, 0.717) is 44.9 Å². The van der Waals surface area contributed by atoms with Crippen molar-refractivity contribution in [3.63, 3.8) is 0 Å². The van der Waals surface area contributed by atoms with E-state index in [1.54, 1.807) is 41.5 Å². The van der Waals surface area contributed by atoms with Crippen LogP contribution in [0.1, 0.15) is 158 Å². The van der Waals surface area contributed by atoms with E-state index in [2.05, 4.69) is 75.8 Å². The molecule has 0 heterocycles. The molecule has 0 fully saturated rings. The van der Waals surface area contributed by atoms with Gasteiger partial charge >= 0.3 is 11.9 Å². The van der Waals surface area contributed by atoms with Crippen molar-refractivity contribution < 1.29 is 67.7 Å². The van der Waals surface area contributed by atoms with Crippen molar-refractivity contribution >= 4 is 95.6 Å². The molecule has 0 saturated carbocycles. The van der Waals surface area contributed by atoms with Gasteiger partial charge in [0.25, 0.3) is 0 Å². The molecule has 0 aliphatic rings. The van der Waals surface area contributed by atoms with Gasteiger partial charge < -0.3 is 104 Å². The van der Waals surface area contributed by atoms with E-state index in [4.69, 9.17) is 40.1 Å². The Balaban J connectivity index is 7.10. The molecule has 0 aromatic rings. The van der Waals surface area contributed by atoms with Crippen molar-refractivity contribution in [2.75, 3.05) is 38.5 Å². The Hall–Kier alpha value is -7.59. The summed E-state index contributed by atoms with van der Waals surface area (Å²) in [5.41, 5.74) is 39.1. The number of nitrogens with zero attached hydrogens (tertiary/aromatic N) is 2. The largest absolute Gasteiger partial charge is 0.481 e. The van der Waals surface area contributed by atoms with E-state index in [-0.39, 0.29) is 102 Å². The molecular formula is C57H107N19O14S. The maximum absolute atomic E-state index is 14.5. The molecule has 34 heteroatoms. The summed E-state index contributed by atoms with van der Waals surface area (Å²) in [6, 6.07) is -13.5. The second kappa shape index (κ2) is 46.5. The van der Waals surface area contributed by atoms with Gasteiger partial charge in [0.05, 0.1) is 0 Å². The van der Waals surface area contributed by atoms with Gasteiger partial charge in [0.2, 0.25) is 59.1 Å². The molecule has 520 valence electrons. The fourth-order valence-electron chi connectivity index (χ4n) is 9.10. The summed E-state index contributed by atoms with van der Waals surface area (Å²) in [6.45, 7) is 12.1. The summed E-state index contributed by atoms with van der Waals surface area (Å²) < 4.78 is 0. The van der Waals surface area contributed by atoms with E-state index >= 15 is 0 Å². The number of guanidine groups is 2. The Morgan fingerprint density at radius 3 is 0.978 bits per heavy atom. The lowest BCUT2D eigenvalue weighted by molar-refractivity contribution is -0.141. The lowest BCUT2D eigenvalue weighted by Crippen LogP contribution is -2.62. The molecule has 26 N–H and O–H groups in total. The third-order valence-electron chi connectivity index (χ3n) is 14.9. The van der Waals surface area contributed by atoms with E-state index in [1.165, 1.54) is 6.92 Å². The van der Waals surface area contributed by atoms with Gasteiger partial charge in [-0.3, -0.25) is 62.7 Å². The highest BCUT2D eigenvalue weighted by molar-refractivity contribution is 7.80. The van der Waals surface area contributed by atoms with Crippen molar-refractivity contribution in [3.8, 4) is 0 Å². The molecule has 33 nitrogen and oxygen atoms in total. The predicted molar refractivity (Wildman–Crippen MR) is 346 cm³/mol. The average Bonchev–Trinajstić information content (AvgIpc) is 3.70. The van der Waals surface area contributed by atoms with Crippen LogP contribution in [0.4, 0.5) is 0 Å². The number of carbonyl (C=O) groups excluding carboxylic acids is 10. The number of thiol groups is 1. The van der Waals surface area contributed by atoms with Crippen LogP contribution in [0.5, 0.6) is 0 Å². The van der Waals surface area contributed by atoms with Gasteiger partial charge in [-0.15, -0.1) is 0 Å². The number of hydrogen-bond donors (Lipinski definition) is 20. The zero-order chi connectivity index (χ0) is 69.3.